The highest BCUT2D eigenvalue weighted by atomic mass is 16.5. The van der Waals surface area contributed by atoms with Crippen molar-refractivity contribution in [2.75, 3.05) is 5.32 Å². The van der Waals surface area contributed by atoms with Crippen LogP contribution in [0.2, 0.25) is 0 Å². The molecule has 8 heteroatoms. The number of allylic oxidation sites excluding steroid dienone is 1. The third kappa shape index (κ3) is 2.62. The Morgan fingerprint density at radius 3 is 2.73 bits per heavy atom. The summed E-state index contributed by atoms with van der Waals surface area (Å²) in [4.78, 5) is 11.2. The number of nitrogens with one attached hydrogen (secondary N) is 1. The Labute approximate surface area is 126 Å². The van der Waals surface area contributed by atoms with Crippen molar-refractivity contribution in [1.29, 1.82) is 0 Å². The SMILES string of the molecule is CC(C)Oc1ccc(C2C=C(C(=O)O)Nc3nnnn32)cc1. The molecule has 0 bridgehead atoms. The molecule has 1 aliphatic rings. The van der Waals surface area contributed by atoms with Gasteiger partial charge in [-0.2, -0.15) is 4.68 Å². The molecule has 3 rings (SSSR count). The van der Waals surface area contributed by atoms with Gasteiger partial charge in [-0.25, -0.2) is 4.79 Å². The number of hydrogen-bond acceptors (Lipinski definition) is 6. The molecule has 0 amide bonds. The van der Waals surface area contributed by atoms with Crippen molar-refractivity contribution >= 4 is 11.9 Å². The molecule has 0 spiro atoms. The van der Waals surface area contributed by atoms with Gasteiger partial charge in [0, 0.05) is 0 Å². The summed E-state index contributed by atoms with van der Waals surface area (Å²) in [6, 6.07) is 7.04. The second kappa shape index (κ2) is 5.47. The van der Waals surface area contributed by atoms with Gasteiger partial charge in [-0.3, -0.25) is 0 Å². The zero-order chi connectivity index (χ0) is 15.7. The fraction of sp³-hybridized carbons (Fsp3) is 0.286. The minimum absolute atomic E-state index is 0.0507. The first-order chi connectivity index (χ1) is 10.5. The summed E-state index contributed by atoms with van der Waals surface area (Å²) in [5.41, 5.74) is 0.916. The maximum Gasteiger partial charge on any atom is 0.352 e. The topological polar surface area (TPSA) is 102 Å². The third-order valence-corrected chi connectivity index (χ3v) is 3.15. The lowest BCUT2D eigenvalue weighted by atomic mass is 10.0. The largest absolute Gasteiger partial charge is 0.491 e. The number of fused-ring (bicyclic) bond motifs is 1. The van der Waals surface area contributed by atoms with Crippen LogP contribution in [0.3, 0.4) is 0 Å². The normalized spacial score (nSPS) is 16.7. The van der Waals surface area contributed by atoms with Crippen molar-refractivity contribution < 1.29 is 14.6 Å². The van der Waals surface area contributed by atoms with Crippen LogP contribution in [0.25, 0.3) is 0 Å². The van der Waals surface area contributed by atoms with E-state index in [1.54, 1.807) is 6.08 Å². The smallest absolute Gasteiger partial charge is 0.352 e. The highest BCUT2D eigenvalue weighted by Gasteiger charge is 2.26. The Morgan fingerprint density at radius 2 is 2.09 bits per heavy atom. The predicted octanol–water partition coefficient (Wildman–Crippen LogP) is 1.44. The van der Waals surface area contributed by atoms with Gasteiger partial charge in [0.15, 0.2) is 0 Å². The van der Waals surface area contributed by atoms with E-state index >= 15 is 0 Å². The summed E-state index contributed by atoms with van der Waals surface area (Å²) in [6.45, 7) is 3.91. The van der Waals surface area contributed by atoms with Crippen LogP contribution in [0.5, 0.6) is 5.75 Å². The van der Waals surface area contributed by atoms with Gasteiger partial charge in [0.05, 0.1) is 6.10 Å². The molecule has 114 valence electrons. The molecule has 1 unspecified atom stereocenters. The molecule has 0 aliphatic carbocycles. The quantitative estimate of drug-likeness (QED) is 0.881. The Morgan fingerprint density at radius 1 is 1.36 bits per heavy atom. The molecule has 0 fully saturated rings. The van der Waals surface area contributed by atoms with E-state index in [0.29, 0.717) is 5.95 Å². The molecule has 1 aromatic carbocycles. The molecule has 2 N–H and O–H groups in total. The maximum absolute atomic E-state index is 11.2. The Balaban J connectivity index is 1.95. The molecule has 0 saturated carbocycles. The van der Waals surface area contributed by atoms with Crippen molar-refractivity contribution in [1.82, 2.24) is 20.2 Å². The predicted molar refractivity (Wildman–Crippen MR) is 77.5 cm³/mol. The summed E-state index contributed by atoms with van der Waals surface area (Å²) >= 11 is 0. The second-order valence-electron chi connectivity index (χ2n) is 5.14. The minimum atomic E-state index is -1.06. The van der Waals surface area contributed by atoms with Crippen LogP contribution in [0.1, 0.15) is 25.5 Å². The Kier molecular flexibility index (Phi) is 3.50. The van der Waals surface area contributed by atoms with Crippen molar-refractivity contribution in [3.63, 3.8) is 0 Å². The van der Waals surface area contributed by atoms with Gasteiger partial charge in [-0.15, -0.1) is 0 Å². The summed E-state index contributed by atoms with van der Waals surface area (Å²) in [5, 5.41) is 23.1. The van der Waals surface area contributed by atoms with Crippen LogP contribution in [-0.4, -0.2) is 37.4 Å². The average molecular weight is 301 g/mol. The number of rotatable bonds is 4. The highest BCUT2D eigenvalue weighted by molar-refractivity contribution is 5.90. The van der Waals surface area contributed by atoms with E-state index in [2.05, 4.69) is 20.8 Å². The van der Waals surface area contributed by atoms with E-state index in [0.717, 1.165) is 11.3 Å². The van der Waals surface area contributed by atoms with Gasteiger partial charge in [-0.1, -0.05) is 17.2 Å². The monoisotopic (exact) mass is 301 g/mol. The zero-order valence-corrected chi connectivity index (χ0v) is 12.1. The summed E-state index contributed by atoms with van der Waals surface area (Å²) in [7, 11) is 0. The molecule has 1 atom stereocenters. The van der Waals surface area contributed by atoms with Crippen LogP contribution in [0.15, 0.2) is 36.0 Å². The molecule has 2 aromatic rings. The lowest BCUT2D eigenvalue weighted by molar-refractivity contribution is -0.132. The number of hydrogen-bond donors (Lipinski definition) is 2. The number of aliphatic carboxylic acids is 1. The van der Waals surface area contributed by atoms with Crippen LogP contribution in [0, 0.1) is 0 Å². The lowest BCUT2D eigenvalue weighted by Gasteiger charge is -2.21. The second-order valence-corrected chi connectivity index (χ2v) is 5.14. The number of carboxylic acid groups (broad SMARTS) is 1. The molecule has 1 aromatic heterocycles. The van der Waals surface area contributed by atoms with Crippen molar-refractivity contribution in [3.8, 4) is 5.75 Å². The summed E-state index contributed by atoms with van der Waals surface area (Å²) < 4.78 is 7.13. The van der Waals surface area contributed by atoms with Gasteiger partial charge in [0.2, 0.25) is 5.95 Å². The number of aromatic nitrogens is 4. The first-order valence-corrected chi connectivity index (χ1v) is 6.81. The Hall–Kier alpha value is -2.90. The zero-order valence-electron chi connectivity index (χ0n) is 12.1. The van der Waals surface area contributed by atoms with E-state index in [1.807, 2.05) is 38.1 Å². The van der Waals surface area contributed by atoms with Crippen LogP contribution in [-0.2, 0) is 4.79 Å². The van der Waals surface area contributed by atoms with E-state index in [-0.39, 0.29) is 17.8 Å². The molecule has 0 radical (unpaired) electrons. The van der Waals surface area contributed by atoms with Crippen molar-refractivity contribution in [2.45, 2.75) is 26.0 Å². The fourth-order valence-corrected chi connectivity index (χ4v) is 2.23. The molecular formula is C14H15N5O3. The number of nitrogens with zero attached hydrogens (tertiary/aromatic N) is 4. The maximum atomic E-state index is 11.2. The molecule has 22 heavy (non-hydrogen) atoms. The van der Waals surface area contributed by atoms with E-state index in [9.17, 15) is 9.90 Å². The van der Waals surface area contributed by atoms with Gasteiger partial charge in [0.1, 0.15) is 17.5 Å². The lowest BCUT2D eigenvalue weighted by Crippen LogP contribution is -2.24. The van der Waals surface area contributed by atoms with Crippen molar-refractivity contribution in [2.24, 2.45) is 0 Å². The number of anilines is 1. The van der Waals surface area contributed by atoms with Gasteiger partial charge < -0.3 is 15.2 Å². The van der Waals surface area contributed by atoms with E-state index in [1.165, 1.54) is 4.68 Å². The molecule has 8 nitrogen and oxygen atoms in total. The fourth-order valence-electron chi connectivity index (χ4n) is 2.23. The van der Waals surface area contributed by atoms with E-state index < -0.39 is 5.97 Å². The van der Waals surface area contributed by atoms with Crippen LogP contribution in [0.4, 0.5) is 5.95 Å². The molecule has 1 aliphatic heterocycles. The molecular weight excluding hydrogens is 286 g/mol. The van der Waals surface area contributed by atoms with E-state index in [4.69, 9.17) is 4.74 Å². The molecule has 0 saturated heterocycles. The summed E-state index contributed by atoms with van der Waals surface area (Å²) in [5.74, 6) is -0.00141. The van der Waals surface area contributed by atoms with Gasteiger partial charge in [0.25, 0.3) is 0 Å². The van der Waals surface area contributed by atoms with Crippen LogP contribution >= 0.6 is 0 Å². The van der Waals surface area contributed by atoms with Gasteiger partial charge in [-0.05, 0) is 48.0 Å². The first kappa shape index (κ1) is 14.1. The minimum Gasteiger partial charge on any atom is -0.491 e. The number of benzene rings is 1. The third-order valence-electron chi connectivity index (χ3n) is 3.15. The number of carboxylic acids is 1. The molecule has 2 heterocycles. The number of ether oxygens (including phenoxy) is 1. The van der Waals surface area contributed by atoms with Gasteiger partial charge >= 0.3 is 5.97 Å². The average Bonchev–Trinajstić information content (AvgIpc) is 2.94. The number of tetrazole rings is 1. The Bertz CT molecular complexity index is 720. The van der Waals surface area contributed by atoms with Crippen molar-refractivity contribution in [3.05, 3.63) is 41.6 Å². The first-order valence-electron chi connectivity index (χ1n) is 6.81. The summed E-state index contributed by atoms with van der Waals surface area (Å²) in [6.07, 6.45) is 1.67. The number of carbonyl (C=O) groups is 1. The van der Waals surface area contributed by atoms with Crippen LogP contribution < -0.4 is 10.1 Å². The highest BCUT2D eigenvalue weighted by Crippen LogP contribution is 2.28. The standard InChI is InChI=1S/C14H15N5O3/c1-8(2)22-10-5-3-9(4-6-10)12-7-11(13(20)21)15-14-16-17-18-19(12)14/h3-8,12H,1-2H3,(H,20,21)(H,15,16,18).